The first-order chi connectivity index (χ1) is 15.9. The lowest BCUT2D eigenvalue weighted by atomic mass is 9.75. The number of pyridine rings is 1. The molecule has 176 valence electrons. The molecule has 2 heterocycles. The first-order valence-corrected chi connectivity index (χ1v) is 11.2. The Morgan fingerprint density at radius 2 is 1.97 bits per heavy atom. The fourth-order valence-corrected chi connectivity index (χ4v) is 4.23. The fourth-order valence-electron chi connectivity index (χ4n) is 4.23. The van der Waals surface area contributed by atoms with Gasteiger partial charge in [-0.25, -0.2) is 0 Å². The van der Waals surface area contributed by atoms with Crippen LogP contribution >= 0.6 is 0 Å². The minimum atomic E-state index is -1.25. The van der Waals surface area contributed by atoms with E-state index in [2.05, 4.69) is 4.98 Å². The van der Waals surface area contributed by atoms with Crippen molar-refractivity contribution in [2.24, 2.45) is 0 Å². The van der Waals surface area contributed by atoms with Gasteiger partial charge in [0, 0.05) is 38.2 Å². The van der Waals surface area contributed by atoms with Gasteiger partial charge < -0.3 is 14.7 Å². The van der Waals surface area contributed by atoms with Crippen LogP contribution in [0.15, 0.2) is 54.9 Å². The number of hydrogen-bond donors (Lipinski definition) is 1. The molecule has 3 rings (SSSR count). The second-order valence-electron chi connectivity index (χ2n) is 8.45. The molecule has 1 aromatic carbocycles. The Kier molecular flexibility index (Phi) is 8.16. The molecular formula is C25H31N3O5. The zero-order valence-corrected chi connectivity index (χ0v) is 19.1. The summed E-state index contributed by atoms with van der Waals surface area (Å²) >= 11 is 0. The number of hydrogen-bond acceptors (Lipinski definition) is 6. The number of rotatable bonds is 11. The molecule has 0 spiro atoms. The lowest BCUT2D eigenvalue weighted by Crippen LogP contribution is -2.46. The van der Waals surface area contributed by atoms with Gasteiger partial charge in [0.05, 0.1) is 24.8 Å². The number of imide groups is 1. The van der Waals surface area contributed by atoms with Crippen molar-refractivity contribution in [1.29, 1.82) is 0 Å². The summed E-state index contributed by atoms with van der Waals surface area (Å²) in [7, 11) is 0. The number of ether oxygens (including phenoxy) is 1. The van der Waals surface area contributed by atoms with Crippen LogP contribution in [0.2, 0.25) is 0 Å². The molecule has 33 heavy (non-hydrogen) atoms. The molecule has 1 fully saturated rings. The van der Waals surface area contributed by atoms with Gasteiger partial charge in [-0.3, -0.25) is 24.3 Å². The minimum Gasteiger partial charge on any atom is -0.492 e. The molecule has 1 unspecified atom stereocenters. The van der Waals surface area contributed by atoms with E-state index < -0.39 is 5.41 Å². The third-order valence-electron chi connectivity index (χ3n) is 5.90. The Bertz CT molecular complexity index is 951. The number of carbonyl (C=O) groups is 3. The van der Waals surface area contributed by atoms with E-state index >= 15 is 0 Å². The number of benzene rings is 1. The smallest absolute Gasteiger partial charge is 0.240 e. The molecule has 1 aliphatic heterocycles. The summed E-state index contributed by atoms with van der Waals surface area (Å²) in [5, 5.41) is 9.38. The van der Waals surface area contributed by atoms with E-state index in [0.717, 1.165) is 0 Å². The zero-order valence-electron chi connectivity index (χ0n) is 19.1. The first-order valence-electron chi connectivity index (χ1n) is 11.2. The van der Waals surface area contributed by atoms with Crippen molar-refractivity contribution < 1.29 is 24.2 Å². The van der Waals surface area contributed by atoms with E-state index in [-0.39, 0.29) is 56.3 Å². The van der Waals surface area contributed by atoms with Gasteiger partial charge in [-0.05, 0) is 38.0 Å². The summed E-state index contributed by atoms with van der Waals surface area (Å²) in [6.07, 6.45) is 3.54. The van der Waals surface area contributed by atoms with E-state index in [1.165, 1.54) is 4.90 Å². The fraction of sp³-hybridized carbons (Fsp3) is 0.440. The largest absolute Gasteiger partial charge is 0.492 e. The second kappa shape index (κ2) is 11.0. The van der Waals surface area contributed by atoms with Crippen molar-refractivity contribution in [3.8, 4) is 5.75 Å². The highest BCUT2D eigenvalue weighted by atomic mass is 16.5. The Morgan fingerprint density at radius 1 is 1.21 bits per heavy atom. The van der Waals surface area contributed by atoms with Crippen molar-refractivity contribution in [2.75, 3.05) is 26.3 Å². The van der Waals surface area contributed by atoms with Gasteiger partial charge in [0.15, 0.2) is 0 Å². The van der Waals surface area contributed by atoms with Crippen molar-refractivity contribution in [2.45, 2.75) is 44.6 Å². The zero-order chi connectivity index (χ0) is 23.8. The Labute approximate surface area is 194 Å². The standard InChI is InChI=1S/C25H31N3O5/c1-19(2)27(13-14-29)22(30)16-25(20-8-4-3-5-9-20)17-23(31)28(24(25)32)12-7-15-33-21-10-6-11-26-18-21/h3-6,8-11,18-19,29H,7,12-17H2,1-2H3. The van der Waals surface area contributed by atoms with E-state index in [1.807, 2.05) is 19.9 Å². The molecule has 2 aromatic rings. The van der Waals surface area contributed by atoms with Crippen LogP contribution < -0.4 is 4.74 Å². The summed E-state index contributed by atoms with van der Waals surface area (Å²) in [5.41, 5.74) is -0.596. The Balaban J connectivity index is 1.77. The Morgan fingerprint density at radius 3 is 2.61 bits per heavy atom. The molecule has 0 saturated carbocycles. The molecule has 0 radical (unpaired) electrons. The minimum absolute atomic E-state index is 0.0594. The molecular weight excluding hydrogens is 422 g/mol. The van der Waals surface area contributed by atoms with Gasteiger partial charge in [-0.1, -0.05) is 30.3 Å². The molecule has 1 N–H and O–H groups in total. The third-order valence-corrected chi connectivity index (χ3v) is 5.90. The van der Waals surface area contributed by atoms with Crippen molar-refractivity contribution >= 4 is 17.7 Å². The van der Waals surface area contributed by atoms with Gasteiger partial charge in [0.2, 0.25) is 17.7 Å². The third kappa shape index (κ3) is 5.57. The summed E-state index contributed by atoms with van der Waals surface area (Å²) in [6.45, 7) is 4.28. The number of likely N-dealkylation sites (tertiary alicyclic amines) is 1. The number of carbonyl (C=O) groups excluding carboxylic acids is 3. The van der Waals surface area contributed by atoms with Crippen molar-refractivity contribution in [3.63, 3.8) is 0 Å². The van der Waals surface area contributed by atoms with Crippen molar-refractivity contribution in [1.82, 2.24) is 14.8 Å². The highest BCUT2D eigenvalue weighted by Gasteiger charge is 2.53. The summed E-state index contributed by atoms with van der Waals surface area (Å²) in [5.74, 6) is -0.290. The van der Waals surface area contributed by atoms with Crippen LogP contribution in [0.5, 0.6) is 5.75 Å². The van der Waals surface area contributed by atoms with Crippen LogP contribution in [-0.4, -0.2) is 70.0 Å². The van der Waals surface area contributed by atoms with Crippen LogP contribution in [0.25, 0.3) is 0 Å². The van der Waals surface area contributed by atoms with Gasteiger partial charge in [-0.15, -0.1) is 0 Å². The second-order valence-corrected chi connectivity index (χ2v) is 8.45. The number of aliphatic hydroxyl groups excluding tert-OH is 1. The summed E-state index contributed by atoms with van der Waals surface area (Å²) in [6, 6.07) is 12.4. The molecule has 0 aliphatic carbocycles. The molecule has 1 aromatic heterocycles. The highest BCUT2D eigenvalue weighted by molar-refractivity contribution is 6.10. The summed E-state index contributed by atoms with van der Waals surface area (Å²) < 4.78 is 5.63. The molecule has 1 atom stereocenters. The molecule has 3 amide bonds. The maximum absolute atomic E-state index is 13.6. The van der Waals surface area contributed by atoms with E-state index in [1.54, 1.807) is 53.7 Å². The first kappa shape index (κ1) is 24.4. The maximum atomic E-state index is 13.6. The molecule has 8 heteroatoms. The number of aromatic nitrogens is 1. The van der Waals surface area contributed by atoms with E-state index in [4.69, 9.17) is 4.74 Å². The maximum Gasteiger partial charge on any atom is 0.240 e. The molecule has 1 saturated heterocycles. The monoisotopic (exact) mass is 453 g/mol. The van der Waals surface area contributed by atoms with Gasteiger partial charge in [-0.2, -0.15) is 0 Å². The van der Waals surface area contributed by atoms with Gasteiger partial charge >= 0.3 is 0 Å². The predicted octanol–water partition coefficient (Wildman–Crippen LogP) is 2.17. The number of amides is 3. The van der Waals surface area contributed by atoms with Gasteiger partial charge in [0.1, 0.15) is 5.75 Å². The van der Waals surface area contributed by atoms with Crippen LogP contribution in [0.4, 0.5) is 0 Å². The molecule has 1 aliphatic rings. The van der Waals surface area contributed by atoms with E-state index in [9.17, 15) is 19.5 Å². The highest BCUT2D eigenvalue weighted by Crippen LogP contribution is 2.40. The molecule has 8 nitrogen and oxygen atoms in total. The van der Waals surface area contributed by atoms with E-state index in [0.29, 0.717) is 24.3 Å². The Hall–Kier alpha value is -3.26. The number of aliphatic hydroxyl groups is 1. The van der Waals surface area contributed by atoms with Gasteiger partial charge in [0.25, 0.3) is 0 Å². The average molecular weight is 454 g/mol. The lowest BCUT2D eigenvalue weighted by molar-refractivity contribution is -0.143. The SMILES string of the molecule is CC(C)N(CCO)C(=O)CC1(c2ccccc2)CC(=O)N(CCCOc2cccnc2)C1=O. The molecule has 0 bridgehead atoms. The van der Waals surface area contributed by atoms with Crippen molar-refractivity contribution in [3.05, 3.63) is 60.4 Å². The topological polar surface area (TPSA) is 100 Å². The lowest BCUT2D eigenvalue weighted by Gasteiger charge is -2.32. The predicted molar refractivity (Wildman–Crippen MR) is 122 cm³/mol. The van der Waals surface area contributed by atoms with Crippen LogP contribution in [-0.2, 0) is 19.8 Å². The van der Waals surface area contributed by atoms with Crippen LogP contribution in [0.3, 0.4) is 0 Å². The number of nitrogens with zero attached hydrogens (tertiary/aromatic N) is 3. The average Bonchev–Trinajstić information content (AvgIpc) is 3.05. The van der Waals surface area contributed by atoms with Crippen LogP contribution in [0, 0.1) is 0 Å². The normalized spacial score (nSPS) is 18.1. The quantitative estimate of drug-likeness (QED) is 0.413. The summed E-state index contributed by atoms with van der Waals surface area (Å²) in [4.78, 5) is 46.5. The van der Waals surface area contributed by atoms with Crippen LogP contribution in [0.1, 0.15) is 38.7 Å².